The maximum atomic E-state index is 11.2. The SMILES string of the molecule is CC(=O)c1ccc2c(c1)C[C@H]([C@@H](C)CO)O2. The first-order valence-electron chi connectivity index (χ1n) is 5.53. The minimum absolute atomic E-state index is 0.0298. The number of rotatable bonds is 3. The van der Waals surface area contributed by atoms with Crippen LogP contribution in [0.25, 0.3) is 0 Å². The molecule has 0 aliphatic carbocycles. The highest BCUT2D eigenvalue weighted by atomic mass is 16.5. The first-order valence-corrected chi connectivity index (χ1v) is 5.53. The molecule has 0 amide bonds. The lowest BCUT2D eigenvalue weighted by molar-refractivity contribution is 0.101. The smallest absolute Gasteiger partial charge is 0.159 e. The molecule has 3 nitrogen and oxygen atoms in total. The summed E-state index contributed by atoms with van der Waals surface area (Å²) >= 11 is 0. The zero-order chi connectivity index (χ0) is 11.7. The molecular weight excluding hydrogens is 204 g/mol. The second-order valence-corrected chi connectivity index (χ2v) is 4.40. The molecule has 0 saturated heterocycles. The number of benzene rings is 1. The highest BCUT2D eigenvalue weighted by Gasteiger charge is 2.27. The fourth-order valence-corrected chi connectivity index (χ4v) is 1.93. The topological polar surface area (TPSA) is 46.5 Å². The molecule has 86 valence electrons. The number of hydrogen-bond donors (Lipinski definition) is 1. The van der Waals surface area contributed by atoms with Gasteiger partial charge in [0, 0.05) is 24.5 Å². The summed E-state index contributed by atoms with van der Waals surface area (Å²) in [7, 11) is 0. The summed E-state index contributed by atoms with van der Waals surface area (Å²) in [4.78, 5) is 11.2. The third kappa shape index (κ3) is 1.95. The number of fused-ring (bicyclic) bond motifs is 1. The molecular formula is C13H16O3. The molecule has 2 atom stereocenters. The van der Waals surface area contributed by atoms with Crippen LogP contribution in [0.2, 0.25) is 0 Å². The van der Waals surface area contributed by atoms with Gasteiger partial charge in [-0.15, -0.1) is 0 Å². The van der Waals surface area contributed by atoms with Crippen molar-refractivity contribution in [3.8, 4) is 5.75 Å². The van der Waals surface area contributed by atoms with Gasteiger partial charge in [0.1, 0.15) is 11.9 Å². The Morgan fingerprint density at radius 3 is 3.00 bits per heavy atom. The second kappa shape index (κ2) is 4.26. The molecule has 0 spiro atoms. The molecule has 1 aromatic carbocycles. The Morgan fingerprint density at radius 2 is 2.38 bits per heavy atom. The van der Waals surface area contributed by atoms with Gasteiger partial charge >= 0.3 is 0 Å². The molecule has 0 unspecified atom stereocenters. The average Bonchev–Trinajstić information content (AvgIpc) is 2.70. The summed E-state index contributed by atoms with van der Waals surface area (Å²) in [5.41, 5.74) is 1.79. The van der Waals surface area contributed by atoms with E-state index in [1.807, 2.05) is 19.1 Å². The van der Waals surface area contributed by atoms with Gasteiger partial charge in [0.25, 0.3) is 0 Å². The van der Waals surface area contributed by atoms with E-state index in [1.165, 1.54) is 0 Å². The van der Waals surface area contributed by atoms with Crippen molar-refractivity contribution in [1.29, 1.82) is 0 Å². The molecule has 1 heterocycles. The normalized spacial score (nSPS) is 20.1. The third-order valence-corrected chi connectivity index (χ3v) is 3.09. The molecule has 0 aromatic heterocycles. The maximum Gasteiger partial charge on any atom is 0.159 e. The number of carbonyl (C=O) groups excluding carboxylic acids is 1. The fourth-order valence-electron chi connectivity index (χ4n) is 1.93. The number of Topliss-reactive ketones (excluding diaryl/α,β-unsaturated/α-hetero) is 1. The molecule has 1 aliphatic heterocycles. The van der Waals surface area contributed by atoms with Crippen LogP contribution >= 0.6 is 0 Å². The lowest BCUT2D eigenvalue weighted by atomic mass is 9.99. The van der Waals surface area contributed by atoms with E-state index in [4.69, 9.17) is 9.84 Å². The molecule has 0 radical (unpaired) electrons. The number of hydrogen-bond acceptors (Lipinski definition) is 3. The lowest BCUT2D eigenvalue weighted by Crippen LogP contribution is -2.25. The van der Waals surface area contributed by atoms with Crippen LogP contribution in [0.5, 0.6) is 5.75 Å². The Kier molecular flexibility index (Phi) is 2.97. The van der Waals surface area contributed by atoms with Gasteiger partial charge in [0.15, 0.2) is 5.78 Å². The van der Waals surface area contributed by atoms with Crippen molar-refractivity contribution in [3.05, 3.63) is 29.3 Å². The van der Waals surface area contributed by atoms with Crippen LogP contribution in [0.15, 0.2) is 18.2 Å². The van der Waals surface area contributed by atoms with Gasteiger partial charge in [-0.1, -0.05) is 6.92 Å². The van der Waals surface area contributed by atoms with Crippen LogP contribution in [0.4, 0.5) is 0 Å². The molecule has 1 N–H and O–H groups in total. The van der Waals surface area contributed by atoms with Crippen LogP contribution in [0, 0.1) is 5.92 Å². The van der Waals surface area contributed by atoms with E-state index in [0.29, 0.717) is 0 Å². The number of aliphatic hydroxyl groups excluding tert-OH is 1. The molecule has 0 saturated carbocycles. The number of carbonyl (C=O) groups is 1. The summed E-state index contributed by atoms with van der Waals surface area (Å²) in [6.07, 6.45) is 0.806. The highest BCUT2D eigenvalue weighted by molar-refractivity contribution is 5.94. The fraction of sp³-hybridized carbons (Fsp3) is 0.462. The maximum absolute atomic E-state index is 11.2. The quantitative estimate of drug-likeness (QED) is 0.790. The first kappa shape index (κ1) is 11.1. The average molecular weight is 220 g/mol. The van der Waals surface area contributed by atoms with Crippen molar-refractivity contribution in [2.45, 2.75) is 26.4 Å². The summed E-state index contributed by atoms with van der Waals surface area (Å²) < 4.78 is 5.72. The zero-order valence-corrected chi connectivity index (χ0v) is 9.56. The Morgan fingerprint density at radius 1 is 1.62 bits per heavy atom. The van der Waals surface area contributed by atoms with Crippen molar-refractivity contribution in [2.24, 2.45) is 5.92 Å². The van der Waals surface area contributed by atoms with Gasteiger partial charge < -0.3 is 9.84 Å². The number of ether oxygens (including phenoxy) is 1. The first-order chi connectivity index (χ1) is 7.61. The van der Waals surface area contributed by atoms with E-state index < -0.39 is 0 Å². The van der Waals surface area contributed by atoms with Crippen LogP contribution in [-0.2, 0) is 6.42 Å². The minimum Gasteiger partial charge on any atom is -0.489 e. The van der Waals surface area contributed by atoms with Crippen LogP contribution in [0.1, 0.15) is 29.8 Å². The molecule has 1 aliphatic rings. The monoisotopic (exact) mass is 220 g/mol. The van der Waals surface area contributed by atoms with Crippen molar-refractivity contribution < 1.29 is 14.6 Å². The predicted molar refractivity (Wildman–Crippen MR) is 60.8 cm³/mol. The van der Waals surface area contributed by atoms with Crippen LogP contribution in [-0.4, -0.2) is 23.6 Å². The van der Waals surface area contributed by atoms with Gasteiger partial charge in [-0.3, -0.25) is 4.79 Å². The molecule has 0 bridgehead atoms. The highest BCUT2D eigenvalue weighted by Crippen LogP contribution is 2.32. The largest absolute Gasteiger partial charge is 0.489 e. The molecule has 1 aromatic rings. The van der Waals surface area contributed by atoms with Gasteiger partial charge in [-0.2, -0.15) is 0 Å². The van der Waals surface area contributed by atoms with Gasteiger partial charge in [0.2, 0.25) is 0 Å². The molecule has 2 rings (SSSR count). The van der Waals surface area contributed by atoms with E-state index in [0.717, 1.165) is 23.3 Å². The molecule has 0 fully saturated rings. The Balaban J connectivity index is 2.21. The zero-order valence-electron chi connectivity index (χ0n) is 9.56. The predicted octanol–water partition coefficient (Wildman–Crippen LogP) is 1.82. The van der Waals surface area contributed by atoms with Gasteiger partial charge in [-0.25, -0.2) is 0 Å². The Labute approximate surface area is 95.0 Å². The molecule has 3 heteroatoms. The summed E-state index contributed by atoms with van der Waals surface area (Å²) in [6, 6.07) is 5.52. The Hall–Kier alpha value is -1.35. The second-order valence-electron chi connectivity index (χ2n) is 4.40. The molecule has 16 heavy (non-hydrogen) atoms. The van der Waals surface area contributed by atoms with E-state index in [9.17, 15) is 4.79 Å². The minimum atomic E-state index is 0.0298. The Bertz CT molecular complexity index is 412. The summed E-state index contributed by atoms with van der Waals surface area (Å²) in [6.45, 7) is 3.64. The third-order valence-electron chi connectivity index (χ3n) is 3.09. The summed E-state index contributed by atoms with van der Waals surface area (Å²) in [5.74, 6) is 1.03. The van der Waals surface area contributed by atoms with Crippen molar-refractivity contribution in [1.82, 2.24) is 0 Å². The van der Waals surface area contributed by atoms with Gasteiger partial charge in [-0.05, 0) is 30.7 Å². The summed E-state index contributed by atoms with van der Waals surface area (Å²) in [5, 5.41) is 9.08. The van der Waals surface area contributed by atoms with E-state index in [-0.39, 0.29) is 24.4 Å². The van der Waals surface area contributed by atoms with E-state index in [1.54, 1.807) is 13.0 Å². The standard InChI is InChI=1S/C13H16O3/c1-8(7-14)13-6-11-5-10(9(2)15)3-4-12(11)16-13/h3-5,8,13-14H,6-7H2,1-2H3/t8-,13+/m0/s1. The van der Waals surface area contributed by atoms with Crippen LogP contribution in [0.3, 0.4) is 0 Å². The number of aliphatic hydroxyl groups is 1. The van der Waals surface area contributed by atoms with Crippen molar-refractivity contribution >= 4 is 5.78 Å². The van der Waals surface area contributed by atoms with Crippen molar-refractivity contribution in [2.75, 3.05) is 6.61 Å². The van der Waals surface area contributed by atoms with Crippen molar-refractivity contribution in [3.63, 3.8) is 0 Å². The lowest BCUT2D eigenvalue weighted by Gasteiger charge is -2.16. The van der Waals surface area contributed by atoms with E-state index in [2.05, 4.69) is 0 Å². The van der Waals surface area contributed by atoms with Crippen LogP contribution < -0.4 is 4.74 Å². The van der Waals surface area contributed by atoms with E-state index >= 15 is 0 Å². The number of ketones is 1. The van der Waals surface area contributed by atoms with Gasteiger partial charge in [0.05, 0.1) is 0 Å².